The third kappa shape index (κ3) is 4.05. The van der Waals surface area contributed by atoms with Gasteiger partial charge in [-0.3, -0.25) is 9.69 Å². The van der Waals surface area contributed by atoms with E-state index in [1.54, 1.807) is 6.07 Å². The number of aliphatic carboxylic acids is 1. The lowest BCUT2D eigenvalue weighted by molar-refractivity contribution is -0.142. The van der Waals surface area contributed by atoms with Crippen LogP contribution >= 0.6 is 0 Å². The average Bonchev–Trinajstić information content (AvgIpc) is 2.38. The smallest absolute Gasteiger partial charge is 0.306 e. The van der Waals surface area contributed by atoms with Crippen LogP contribution < -0.4 is 0 Å². The number of ether oxygens (including phenoxy) is 1. The van der Waals surface area contributed by atoms with Crippen LogP contribution in [0.15, 0.2) is 24.3 Å². The summed E-state index contributed by atoms with van der Waals surface area (Å²) in [5.74, 6) is -0.835. The molecule has 0 amide bonds. The molecule has 0 saturated carbocycles. The number of morpholine rings is 1. The Hall–Kier alpha value is -1.90. The van der Waals surface area contributed by atoms with Gasteiger partial charge in [0, 0.05) is 19.6 Å². The Kier molecular flexibility index (Phi) is 4.50. The highest BCUT2D eigenvalue weighted by atomic mass is 16.5. The normalized spacial score (nSPS) is 19.8. The molecule has 1 aliphatic heterocycles. The molecule has 100 valence electrons. The predicted octanol–water partition coefficient (Wildman–Crippen LogP) is 1.23. The first-order chi connectivity index (χ1) is 9.17. The third-order valence-electron chi connectivity index (χ3n) is 3.09. The van der Waals surface area contributed by atoms with Crippen LogP contribution in [0.4, 0.5) is 0 Å². The Labute approximate surface area is 112 Å². The molecule has 1 N–H and O–H groups in total. The molecule has 0 bridgehead atoms. The summed E-state index contributed by atoms with van der Waals surface area (Å²) in [5.41, 5.74) is 1.71. The van der Waals surface area contributed by atoms with E-state index in [9.17, 15) is 4.79 Å². The maximum absolute atomic E-state index is 10.7. The van der Waals surface area contributed by atoms with Crippen molar-refractivity contribution in [2.24, 2.45) is 0 Å². The molecule has 1 fully saturated rings. The van der Waals surface area contributed by atoms with Gasteiger partial charge in [0.2, 0.25) is 0 Å². The van der Waals surface area contributed by atoms with E-state index in [2.05, 4.69) is 11.0 Å². The van der Waals surface area contributed by atoms with E-state index >= 15 is 0 Å². The number of hydrogen-bond acceptors (Lipinski definition) is 4. The van der Waals surface area contributed by atoms with Gasteiger partial charge in [-0.1, -0.05) is 12.1 Å². The first-order valence-corrected chi connectivity index (χ1v) is 6.22. The van der Waals surface area contributed by atoms with Gasteiger partial charge in [0.1, 0.15) is 0 Å². The Morgan fingerprint density at radius 1 is 1.58 bits per heavy atom. The maximum Gasteiger partial charge on any atom is 0.306 e. The monoisotopic (exact) mass is 260 g/mol. The molecule has 1 aromatic rings. The summed E-state index contributed by atoms with van der Waals surface area (Å²) in [6.45, 7) is 2.67. The SMILES string of the molecule is N#Cc1cccc(CN2CCOC(CC(=O)O)C2)c1. The molecule has 2 rings (SSSR count). The Balaban J connectivity index is 1.95. The van der Waals surface area contributed by atoms with Crippen LogP contribution in [0.25, 0.3) is 0 Å². The van der Waals surface area contributed by atoms with Gasteiger partial charge in [0.15, 0.2) is 0 Å². The zero-order chi connectivity index (χ0) is 13.7. The molecule has 19 heavy (non-hydrogen) atoms. The first kappa shape index (κ1) is 13.5. The molecule has 1 saturated heterocycles. The summed E-state index contributed by atoms with van der Waals surface area (Å²) in [7, 11) is 0. The highest BCUT2D eigenvalue weighted by Gasteiger charge is 2.22. The second kappa shape index (κ2) is 6.32. The standard InChI is InChI=1S/C14H16N2O3/c15-8-11-2-1-3-12(6-11)9-16-4-5-19-13(10-16)7-14(17)18/h1-3,6,13H,4-5,7,9-10H2,(H,17,18). The molecular formula is C14H16N2O3. The van der Waals surface area contributed by atoms with Crippen LogP contribution in [-0.4, -0.2) is 41.8 Å². The van der Waals surface area contributed by atoms with Gasteiger partial charge >= 0.3 is 5.97 Å². The lowest BCUT2D eigenvalue weighted by Gasteiger charge is -2.32. The topological polar surface area (TPSA) is 73.6 Å². The average molecular weight is 260 g/mol. The van der Waals surface area contributed by atoms with E-state index in [0.29, 0.717) is 18.7 Å². The molecule has 0 aliphatic carbocycles. The van der Waals surface area contributed by atoms with Gasteiger partial charge in [-0.2, -0.15) is 5.26 Å². The number of nitrogens with zero attached hydrogens (tertiary/aromatic N) is 2. The third-order valence-corrected chi connectivity index (χ3v) is 3.09. The van der Waals surface area contributed by atoms with Gasteiger partial charge in [-0.15, -0.1) is 0 Å². The van der Waals surface area contributed by atoms with Crippen molar-refractivity contribution in [3.8, 4) is 6.07 Å². The van der Waals surface area contributed by atoms with Gasteiger partial charge < -0.3 is 9.84 Å². The molecule has 5 nitrogen and oxygen atoms in total. The Morgan fingerprint density at radius 3 is 3.16 bits per heavy atom. The van der Waals surface area contributed by atoms with Crippen molar-refractivity contribution >= 4 is 5.97 Å². The highest BCUT2D eigenvalue weighted by Crippen LogP contribution is 2.13. The lowest BCUT2D eigenvalue weighted by Crippen LogP contribution is -2.42. The van der Waals surface area contributed by atoms with Crippen molar-refractivity contribution in [2.45, 2.75) is 19.1 Å². The van der Waals surface area contributed by atoms with Crippen LogP contribution in [0.1, 0.15) is 17.5 Å². The van der Waals surface area contributed by atoms with Crippen LogP contribution in [0.5, 0.6) is 0 Å². The Bertz CT molecular complexity index is 496. The van der Waals surface area contributed by atoms with Crippen LogP contribution in [0.3, 0.4) is 0 Å². The number of carbonyl (C=O) groups is 1. The quantitative estimate of drug-likeness (QED) is 0.881. The summed E-state index contributed by atoms with van der Waals surface area (Å²) in [6.07, 6.45) is -0.209. The van der Waals surface area contributed by atoms with Crippen LogP contribution in [0.2, 0.25) is 0 Å². The lowest BCUT2D eigenvalue weighted by atomic mass is 10.1. The molecule has 1 aromatic carbocycles. The summed E-state index contributed by atoms with van der Waals surface area (Å²) >= 11 is 0. The molecule has 0 spiro atoms. The van der Waals surface area contributed by atoms with Crippen molar-refractivity contribution in [3.63, 3.8) is 0 Å². The van der Waals surface area contributed by atoms with E-state index in [1.807, 2.05) is 18.2 Å². The van der Waals surface area contributed by atoms with Gasteiger partial charge in [-0.05, 0) is 17.7 Å². The van der Waals surface area contributed by atoms with E-state index in [0.717, 1.165) is 18.7 Å². The van der Waals surface area contributed by atoms with Crippen molar-refractivity contribution < 1.29 is 14.6 Å². The zero-order valence-electron chi connectivity index (χ0n) is 10.6. The van der Waals surface area contributed by atoms with Crippen molar-refractivity contribution in [1.82, 2.24) is 4.90 Å². The Morgan fingerprint density at radius 2 is 2.42 bits per heavy atom. The summed E-state index contributed by atoms with van der Waals surface area (Å²) in [6, 6.07) is 9.59. The van der Waals surface area contributed by atoms with Crippen molar-refractivity contribution in [3.05, 3.63) is 35.4 Å². The fourth-order valence-corrected chi connectivity index (χ4v) is 2.24. The predicted molar refractivity (Wildman–Crippen MR) is 68.4 cm³/mol. The summed E-state index contributed by atoms with van der Waals surface area (Å²) < 4.78 is 5.43. The van der Waals surface area contributed by atoms with Crippen LogP contribution in [0, 0.1) is 11.3 Å². The summed E-state index contributed by atoms with van der Waals surface area (Å²) in [4.78, 5) is 12.8. The molecule has 1 heterocycles. The number of hydrogen-bond donors (Lipinski definition) is 1. The number of benzene rings is 1. The second-order valence-corrected chi connectivity index (χ2v) is 4.64. The zero-order valence-corrected chi connectivity index (χ0v) is 10.6. The van der Waals surface area contributed by atoms with Gasteiger partial charge in [-0.25, -0.2) is 0 Å². The van der Waals surface area contributed by atoms with E-state index in [4.69, 9.17) is 15.1 Å². The van der Waals surface area contributed by atoms with Crippen LogP contribution in [-0.2, 0) is 16.1 Å². The fraction of sp³-hybridized carbons (Fsp3) is 0.429. The number of carboxylic acid groups (broad SMARTS) is 1. The largest absolute Gasteiger partial charge is 0.481 e. The molecule has 1 unspecified atom stereocenters. The highest BCUT2D eigenvalue weighted by molar-refractivity contribution is 5.67. The van der Waals surface area contributed by atoms with Gasteiger partial charge in [0.25, 0.3) is 0 Å². The van der Waals surface area contributed by atoms with Gasteiger partial charge in [0.05, 0.1) is 30.8 Å². The minimum Gasteiger partial charge on any atom is -0.481 e. The summed E-state index contributed by atoms with van der Waals surface area (Å²) in [5, 5.41) is 17.6. The van der Waals surface area contributed by atoms with E-state index < -0.39 is 5.97 Å². The number of nitriles is 1. The van der Waals surface area contributed by atoms with E-state index in [1.165, 1.54) is 0 Å². The molecular weight excluding hydrogens is 244 g/mol. The maximum atomic E-state index is 10.7. The molecule has 0 radical (unpaired) electrons. The second-order valence-electron chi connectivity index (χ2n) is 4.64. The van der Waals surface area contributed by atoms with E-state index in [-0.39, 0.29) is 12.5 Å². The molecule has 5 heteroatoms. The number of rotatable bonds is 4. The molecule has 1 atom stereocenters. The fourth-order valence-electron chi connectivity index (χ4n) is 2.24. The molecule has 1 aliphatic rings. The van der Waals surface area contributed by atoms with Crippen molar-refractivity contribution in [2.75, 3.05) is 19.7 Å². The molecule has 0 aromatic heterocycles. The van der Waals surface area contributed by atoms with Crippen molar-refractivity contribution in [1.29, 1.82) is 5.26 Å². The number of carboxylic acids is 1. The first-order valence-electron chi connectivity index (χ1n) is 6.22. The minimum absolute atomic E-state index is 0.0364. The minimum atomic E-state index is -0.835.